The highest BCUT2D eigenvalue weighted by Gasteiger charge is 2.19. The molecule has 7 aromatic rings. The molecule has 588 valence electrons. The van der Waals surface area contributed by atoms with Gasteiger partial charge in [0.25, 0.3) is 0 Å². The number of hydrogen-bond acceptors (Lipinski definition) is 6. The predicted octanol–water partition coefficient (Wildman–Crippen LogP) is 30.9. The van der Waals surface area contributed by atoms with E-state index in [9.17, 15) is 15.8 Å². The van der Waals surface area contributed by atoms with Crippen LogP contribution in [0.25, 0.3) is 72.9 Å². The Hall–Kier alpha value is -9.15. The van der Waals surface area contributed by atoms with Crippen molar-refractivity contribution in [3.8, 4) is 18.2 Å². The van der Waals surface area contributed by atoms with Gasteiger partial charge in [-0.25, -0.2) is 0 Å². The summed E-state index contributed by atoms with van der Waals surface area (Å²) in [5, 5.41) is 30.0. The number of unbranched alkanes of at least 4 members (excludes halogenated alkanes) is 30. The van der Waals surface area contributed by atoms with Crippen LogP contribution in [0.5, 0.6) is 0 Å². The van der Waals surface area contributed by atoms with Crippen molar-refractivity contribution >= 4 is 90.0 Å². The molecule has 0 fully saturated rings. The lowest BCUT2D eigenvalue weighted by atomic mass is 9.83. The van der Waals surface area contributed by atoms with Crippen LogP contribution in [0.2, 0.25) is 0 Å². The number of benzene rings is 7. The molecule has 0 atom stereocenters. The van der Waals surface area contributed by atoms with E-state index < -0.39 is 0 Å². The van der Waals surface area contributed by atoms with Gasteiger partial charge in [-0.05, 0) is 178 Å². The summed E-state index contributed by atoms with van der Waals surface area (Å²) >= 11 is 0. The molecule has 0 spiro atoms. The molecule has 111 heavy (non-hydrogen) atoms. The van der Waals surface area contributed by atoms with Gasteiger partial charge < -0.3 is 14.7 Å². The highest BCUT2D eigenvalue weighted by Crippen LogP contribution is 2.38. The fourth-order valence-corrected chi connectivity index (χ4v) is 15.0. The SMILES string of the molecule is CCCCCCCCN(CCCCCCCC)c1ccc(/C=C/c2c(/C=C/c3ccc(C#N)cc3)c(/C=C/c3ccc(N(CCCCCCCC)CCCCCCCC)cc3)c(/C=C/c3ccc(C#N)cc3)c(/C=C/c3ccc(N(CCCCCCCC)CCCCCCCC)cc3)c2/C=C/c2ccc(C#N)cc2)cc1. The summed E-state index contributed by atoms with van der Waals surface area (Å²) in [6, 6.07) is 58.7. The molecule has 0 aliphatic rings. The number of anilines is 3. The lowest BCUT2D eigenvalue weighted by Gasteiger charge is -2.25. The largest absolute Gasteiger partial charge is 0.372 e. The lowest BCUT2D eigenvalue weighted by Crippen LogP contribution is -2.25. The Morgan fingerprint density at radius 3 is 0.486 bits per heavy atom. The summed E-state index contributed by atoms with van der Waals surface area (Å²) in [5.74, 6) is 0. The zero-order chi connectivity index (χ0) is 78.4. The van der Waals surface area contributed by atoms with Gasteiger partial charge in [-0.3, -0.25) is 0 Å². The van der Waals surface area contributed by atoms with Gasteiger partial charge in [-0.15, -0.1) is 0 Å². The van der Waals surface area contributed by atoms with Crippen LogP contribution in [0.1, 0.15) is 356 Å². The van der Waals surface area contributed by atoms with Crippen LogP contribution in [-0.4, -0.2) is 39.3 Å². The third-order valence-corrected chi connectivity index (χ3v) is 22.0. The predicted molar refractivity (Wildman–Crippen MR) is 490 cm³/mol. The van der Waals surface area contributed by atoms with Gasteiger partial charge in [-0.1, -0.05) is 380 Å². The molecule has 0 aromatic heterocycles. The average molecular weight is 1480 g/mol. The molecule has 0 bridgehead atoms. The standard InChI is InChI=1S/C105H138N6/c1-7-13-19-25-31-37-79-109(80-38-32-26-20-14-8-2)97-67-55-91(56-68-97)64-76-103-100(73-61-88-43-49-94(85-106)50-44-88)104(77-65-92-57-69-98(70-58-92)110(81-39-33-27-21-15-9-3)82-40-34-28-22-16-10-4)102(75-63-90-47-53-96(87-108)54-48-90)105(101(103)74-62-89-45-51-95(86-107)52-46-89)78-66-93-59-71-99(72-60-93)111(83-41-35-29-23-17-11-5)84-42-36-30-24-18-12-6/h43-78H,7-42,79-84H2,1-6H3/b73-61+,74-62+,75-63+,76-64+,77-65+,78-66+. The second-order valence-electron chi connectivity index (χ2n) is 31.0. The number of hydrogen-bond donors (Lipinski definition) is 0. The topological polar surface area (TPSA) is 81.1 Å². The van der Waals surface area contributed by atoms with Gasteiger partial charge in [0.2, 0.25) is 0 Å². The Morgan fingerprint density at radius 2 is 0.333 bits per heavy atom. The Morgan fingerprint density at radius 1 is 0.189 bits per heavy atom. The Bertz CT molecular complexity index is 3510. The summed E-state index contributed by atoms with van der Waals surface area (Å²) < 4.78 is 0. The zero-order valence-corrected chi connectivity index (χ0v) is 69.7. The van der Waals surface area contributed by atoms with Gasteiger partial charge in [0.15, 0.2) is 0 Å². The number of nitrogens with zero attached hydrogens (tertiary/aromatic N) is 6. The minimum Gasteiger partial charge on any atom is -0.372 e. The summed E-state index contributed by atoms with van der Waals surface area (Å²) in [6.45, 7) is 20.2. The van der Waals surface area contributed by atoms with E-state index in [0.29, 0.717) is 16.7 Å². The molecule has 0 aliphatic heterocycles. The van der Waals surface area contributed by atoms with Crippen LogP contribution < -0.4 is 14.7 Å². The van der Waals surface area contributed by atoms with Gasteiger partial charge in [-0.2, -0.15) is 15.8 Å². The summed E-state index contributed by atoms with van der Waals surface area (Å²) in [4.78, 5) is 7.96. The lowest BCUT2D eigenvalue weighted by molar-refractivity contribution is 0.575. The first kappa shape index (κ1) is 89.1. The van der Waals surface area contributed by atoms with E-state index in [1.807, 2.05) is 72.8 Å². The van der Waals surface area contributed by atoms with Crippen molar-refractivity contribution in [3.63, 3.8) is 0 Å². The maximum atomic E-state index is 10.0. The number of rotatable bonds is 57. The maximum absolute atomic E-state index is 10.0. The Kier molecular flexibility index (Phi) is 44.4. The van der Waals surface area contributed by atoms with Crippen LogP contribution in [-0.2, 0) is 0 Å². The van der Waals surface area contributed by atoms with Crippen LogP contribution in [0.4, 0.5) is 17.1 Å². The zero-order valence-electron chi connectivity index (χ0n) is 69.7. The molecule has 0 radical (unpaired) electrons. The molecule has 0 saturated carbocycles. The van der Waals surface area contributed by atoms with Crippen molar-refractivity contribution in [1.29, 1.82) is 15.8 Å². The quantitative estimate of drug-likeness (QED) is 0.0279. The second-order valence-corrected chi connectivity index (χ2v) is 31.0. The highest BCUT2D eigenvalue weighted by atomic mass is 15.1. The highest BCUT2D eigenvalue weighted by molar-refractivity contribution is 5.99. The summed E-state index contributed by atoms with van der Waals surface area (Å²) in [6.07, 6.45) is 73.4. The second kappa shape index (κ2) is 55.3. The fraction of sp³-hybridized carbons (Fsp3) is 0.457. The van der Waals surface area contributed by atoms with Crippen molar-refractivity contribution in [2.75, 3.05) is 54.0 Å². The molecular weight excluding hydrogens is 1350 g/mol. The Balaban J connectivity index is 1.48. The van der Waals surface area contributed by atoms with Gasteiger partial charge in [0.05, 0.1) is 34.9 Å². The first-order valence-corrected chi connectivity index (χ1v) is 44.1. The van der Waals surface area contributed by atoms with Crippen LogP contribution >= 0.6 is 0 Å². The normalized spacial score (nSPS) is 11.7. The number of nitriles is 3. The first-order chi connectivity index (χ1) is 54.7. The third kappa shape index (κ3) is 33.8. The van der Waals surface area contributed by atoms with Gasteiger partial charge in [0, 0.05) is 56.3 Å². The molecule has 6 heteroatoms. The molecule has 6 nitrogen and oxygen atoms in total. The maximum Gasteiger partial charge on any atom is 0.0991 e. The third-order valence-electron chi connectivity index (χ3n) is 22.0. The smallest absolute Gasteiger partial charge is 0.0991 e. The van der Waals surface area contributed by atoms with Crippen molar-refractivity contribution < 1.29 is 0 Å². The van der Waals surface area contributed by atoms with E-state index in [2.05, 4.69) is 220 Å². The van der Waals surface area contributed by atoms with E-state index in [-0.39, 0.29) is 0 Å². The Labute approximate surface area is 675 Å². The molecule has 7 aromatic carbocycles. The first-order valence-electron chi connectivity index (χ1n) is 44.1. The molecule has 0 unspecified atom stereocenters. The van der Waals surface area contributed by atoms with Crippen molar-refractivity contribution in [2.24, 2.45) is 0 Å². The molecule has 0 saturated heterocycles. The van der Waals surface area contributed by atoms with Gasteiger partial charge in [0.1, 0.15) is 0 Å². The molecule has 0 N–H and O–H groups in total. The average Bonchev–Trinajstić information content (AvgIpc) is 0.761. The molecule has 0 aliphatic carbocycles. The van der Waals surface area contributed by atoms with E-state index in [0.717, 1.165) is 106 Å². The molecule has 0 amide bonds. The molecular formula is C105H138N6. The molecule has 7 rings (SSSR count). The van der Waals surface area contributed by atoms with Crippen LogP contribution in [0, 0.1) is 34.0 Å². The monoisotopic (exact) mass is 1480 g/mol. The van der Waals surface area contributed by atoms with Crippen LogP contribution in [0.15, 0.2) is 146 Å². The van der Waals surface area contributed by atoms with Crippen molar-refractivity contribution in [1.82, 2.24) is 0 Å². The molecule has 0 heterocycles. The van der Waals surface area contributed by atoms with Crippen molar-refractivity contribution in [3.05, 3.63) is 229 Å². The van der Waals surface area contributed by atoms with E-state index in [4.69, 9.17) is 0 Å². The van der Waals surface area contributed by atoms with Crippen molar-refractivity contribution in [2.45, 2.75) is 273 Å². The minimum absolute atomic E-state index is 0.618. The van der Waals surface area contributed by atoms with E-state index in [1.165, 1.54) is 248 Å². The van der Waals surface area contributed by atoms with Crippen LogP contribution in [0.3, 0.4) is 0 Å². The van der Waals surface area contributed by atoms with Gasteiger partial charge >= 0.3 is 0 Å². The fourth-order valence-electron chi connectivity index (χ4n) is 15.0. The summed E-state index contributed by atoms with van der Waals surface area (Å²) in [7, 11) is 0. The minimum atomic E-state index is 0.618. The van der Waals surface area contributed by atoms with E-state index in [1.54, 1.807) is 0 Å². The van der Waals surface area contributed by atoms with E-state index >= 15 is 0 Å². The summed E-state index contributed by atoms with van der Waals surface area (Å²) in [5.41, 5.74) is 18.2.